The molecule has 0 aliphatic heterocycles. The van der Waals surface area contributed by atoms with Crippen molar-refractivity contribution < 1.29 is 22.6 Å². The molecule has 0 aromatic heterocycles. The van der Waals surface area contributed by atoms with Gasteiger partial charge in [0.15, 0.2) is 5.11 Å². The number of hydrogen-bond acceptors (Lipinski definition) is 3. The maximum Gasteiger partial charge on any atom is 0.573 e. The van der Waals surface area contributed by atoms with E-state index < -0.39 is 6.36 Å². The summed E-state index contributed by atoms with van der Waals surface area (Å²) < 4.78 is 45.8. The van der Waals surface area contributed by atoms with Crippen LogP contribution in [-0.2, 0) is 0 Å². The molecule has 0 saturated heterocycles. The molecule has 0 atom stereocenters. The molecule has 0 bridgehead atoms. The maximum absolute atomic E-state index is 12.1. The standard InChI is InChI=1S/C17H17F3N2O2S/c1-22(11-12-23-14-5-3-2-4-6-14)16(25)21-13-7-9-15(10-8-13)24-17(18,19)20/h2-10H,11-12H2,1H3,(H,21,25). The first-order valence-electron chi connectivity index (χ1n) is 7.39. The largest absolute Gasteiger partial charge is 0.573 e. The lowest BCUT2D eigenvalue weighted by atomic mass is 10.3. The molecule has 0 fully saturated rings. The Balaban J connectivity index is 1.78. The Morgan fingerprint density at radius 2 is 1.68 bits per heavy atom. The lowest BCUT2D eigenvalue weighted by molar-refractivity contribution is -0.274. The van der Waals surface area contributed by atoms with Crippen molar-refractivity contribution in [2.24, 2.45) is 0 Å². The number of hydrogen-bond donors (Lipinski definition) is 1. The van der Waals surface area contributed by atoms with Gasteiger partial charge in [-0.15, -0.1) is 13.2 Å². The third-order valence-corrected chi connectivity index (χ3v) is 3.54. The van der Waals surface area contributed by atoms with Gasteiger partial charge in [0.2, 0.25) is 0 Å². The number of nitrogens with zero attached hydrogens (tertiary/aromatic N) is 1. The van der Waals surface area contributed by atoms with Crippen molar-refractivity contribution >= 4 is 23.0 Å². The molecule has 0 aliphatic carbocycles. The van der Waals surface area contributed by atoms with Gasteiger partial charge in [0.05, 0.1) is 6.54 Å². The smallest absolute Gasteiger partial charge is 0.492 e. The molecular formula is C17H17F3N2O2S. The fourth-order valence-electron chi connectivity index (χ4n) is 1.88. The van der Waals surface area contributed by atoms with E-state index in [9.17, 15) is 13.2 Å². The Hall–Kier alpha value is -2.48. The molecule has 4 nitrogen and oxygen atoms in total. The van der Waals surface area contributed by atoms with Gasteiger partial charge in [-0.3, -0.25) is 0 Å². The molecule has 0 amide bonds. The predicted molar refractivity (Wildman–Crippen MR) is 93.9 cm³/mol. The average Bonchev–Trinajstić information content (AvgIpc) is 2.56. The fraction of sp³-hybridized carbons (Fsp3) is 0.235. The van der Waals surface area contributed by atoms with E-state index in [1.54, 1.807) is 11.9 Å². The van der Waals surface area contributed by atoms with Gasteiger partial charge in [-0.1, -0.05) is 18.2 Å². The SMILES string of the molecule is CN(CCOc1ccccc1)C(=S)Nc1ccc(OC(F)(F)F)cc1. The highest BCUT2D eigenvalue weighted by Gasteiger charge is 2.30. The van der Waals surface area contributed by atoms with Crippen LogP contribution < -0.4 is 14.8 Å². The average molecular weight is 370 g/mol. The van der Waals surface area contributed by atoms with Crippen LogP contribution in [0.3, 0.4) is 0 Å². The summed E-state index contributed by atoms with van der Waals surface area (Å²) in [6.45, 7) is 0.997. The quantitative estimate of drug-likeness (QED) is 0.767. The van der Waals surface area contributed by atoms with Crippen LogP contribution in [0.4, 0.5) is 18.9 Å². The van der Waals surface area contributed by atoms with Gasteiger partial charge in [-0.25, -0.2) is 0 Å². The molecule has 0 saturated carbocycles. The van der Waals surface area contributed by atoms with Crippen molar-refractivity contribution in [2.45, 2.75) is 6.36 Å². The number of alkyl halides is 3. The second-order valence-electron chi connectivity index (χ2n) is 5.09. The third-order valence-electron chi connectivity index (χ3n) is 3.12. The van der Waals surface area contributed by atoms with Crippen LogP contribution in [0, 0.1) is 0 Å². The van der Waals surface area contributed by atoms with E-state index in [2.05, 4.69) is 10.1 Å². The van der Waals surface area contributed by atoms with Crippen molar-refractivity contribution in [3.8, 4) is 11.5 Å². The van der Waals surface area contributed by atoms with Crippen molar-refractivity contribution in [1.82, 2.24) is 4.90 Å². The van der Waals surface area contributed by atoms with E-state index in [0.29, 0.717) is 24.0 Å². The molecule has 2 aromatic rings. The molecule has 2 aromatic carbocycles. The summed E-state index contributed by atoms with van der Waals surface area (Å²) in [6.07, 6.45) is -4.71. The first-order valence-corrected chi connectivity index (χ1v) is 7.80. The molecule has 2 rings (SSSR count). The highest BCUT2D eigenvalue weighted by molar-refractivity contribution is 7.80. The van der Waals surface area contributed by atoms with Gasteiger partial charge < -0.3 is 19.7 Å². The Morgan fingerprint density at radius 3 is 2.28 bits per heavy atom. The van der Waals surface area contributed by atoms with Crippen LogP contribution in [0.2, 0.25) is 0 Å². The van der Waals surface area contributed by atoms with Crippen molar-refractivity contribution in [3.63, 3.8) is 0 Å². The molecule has 0 unspecified atom stereocenters. The van der Waals surface area contributed by atoms with E-state index in [4.69, 9.17) is 17.0 Å². The zero-order valence-corrected chi connectivity index (χ0v) is 14.2. The minimum absolute atomic E-state index is 0.284. The van der Waals surface area contributed by atoms with E-state index in [1.165, 1.54) is 24.3 Å². The number of halogens is 3. The summed E-state index contributed by atoms with van der Waals surface area (Å²) in [7, 11) is 1.80. The summed E-state index contributed by atoms with van der Waals surface area (Å²) >= 11 is 5.26. The second kappa shape index (κ2) is 8.57. The molecule has 134 valence electrons. The van der Waals surface area contributed by atoms with Crippen molar-refractivity contribution in [3.05, 3.63) is 54.6 Å². The number of anilines is 1. The first kappa shape index (κ1) is 18.9. The number of thiocarbonyl (C=S) groups is 1. The summed E-state index contributed by atoms with van der Waals surface area (Å²) in [5.41, 5.74) is 0.565. The zero-order valence-electron chi connectivity index (χ0n) is 13.4. The summed E-state index contributed by atoms with van der Waals surface area (Å²) in [5, 5.41) is 3.38. The van der Waals surface area contributed by atoms with E-state index in [0.717, 1.165) is 5.75 Å². The predicted octanol–water partition coefficient (Wildman–Crippen LogP) is 4.29. The Bertz CT molecular complexity index is 679. The van der Waals surface area contributed by atoms with Gasteiger partial charge in [0, 0.05) is 12.7 Å². The van der Waals surface area contributed by atoms with Crippen LogP contribution in [-0.4, -0.2) is 36.6 Å². The topological polar surface area (TPSA) is 33.7 Å². The molecule has 0 heterocycles. The van der Waals surface area contributed by atoms with Crippen LogP contribution in [0.5, 0.6) is 11.5 Å². The second-order valence-corrected chi connectivity index (χ2v) is 5.47. The number of ether oxygens (including phenoxy) is 2. The normalized spacial score (nSPS) is 10.9. The minimum Gasteiger partial charge on any atom is -0.492 e. The first-order chi connectivity index (χ1) is 11.8. The lowest BCUT2D eigenvalue weighted by Gasteiger charge is -2.21. The summed E-state index contributed by atoms with van der Waals surface area (Å²) in [6, 6.07) is 14.8. The van der Waals surface area contributed by atoms with Gasteiger partial charge in [0.1, 0.15) is 18.1 Å². The summed E-state index contributed by atoms with van der Waals surface area (Å²) in [4.78, 5) is 1.78. The molecule has 0 aliphatic rings. The molecule has 0 spiro atoms. The van der Waals surface area contributed by atoms with Crippen LogP contribution >= 0.6 is 12.2 Å². The number of likely N-dealkylation sites (N-methyl/N-ethyl adjacent to an activating group) is 1. The Morgan fingerprint density at radius 1 is 1.04 bits per heavy atom. The third kappa shape index (κ3) is 6.88. The van der Waals surface area contributed by atoms with Crippen LogP contribution in [0.25, 0.3) is 0 Å². The molecule has 0 radical (unpaired) electrons. The molecule has 1 N–H and O–H groups in total. The summed E-state index contributed by atoms with van der Waals surface area (Å²) in [5.74, 6) is 0.489. The number of para-hydroxylation sites is 1. The van der Waals surface area contributed by atoms with Gasteiger partial charge in [0.25, 0.3) is 0 Å². The van der Waals surface area contributed by atoms with E-state index in [1.807, 2.05) is 30.3 Å². The fourth-order valence-corrected chi connectivity index (χ4v) is 2.09. The Labute approximate surface area is 149 Å². The van der Waals surface area contributed by atoms with Gasteiger partial charge >= 0.3 is 6.36 Å². The molecule has 25 heavy (non-hydrogen) atoms. The zero-order chi connectivity index (χ0) is 18.3. The van der Waals surface area contributed by atoms with E-state index >= 15 is 0 Å². The van der Waals surface area contributed by atoms with E-state index in [-0.39, 0.29) is 5.75 Å². The van der Waals surface area contributed by atoms with Crippen molar-refractivity contribution in [2.75, 3.05) is 25.5 Å². The minimum atomic E-state index is -4.71. The van der Waals surface area contributed by atoms with Crippen LogP contribution in [0.15, 0.2) is 54.6 Å². The van der Waals surface area contributed by atoms with Crippen LogP contribution in [0.1, 0.15) is 0 Å². The molecular weight excluding hydrogens is 353 g/mol. The highest BCUT2D eigenvalue weighted by Crippen LogP contribution is 2.24. The lowest BCUT2D eigenvalue weighted by Crippen LogP contribution is -2.34. The van der Waals surface area contributed by atoms with Gasteiger partial charge in [-0.2, -0.15) is 0 Å². The monoisotopic (exact) mass is 370 g/mol. The Kier molecular flexibility index (Phi) is 6.46. The maximum atomic E-state index is 12.1. The molecule has 8 heteroatoms. The van der Waals surface area contributed by atoms with Gasteiger partial charge in [-0.05, 0) is 48.6 Å². The number of benzene rings is 2. The highest BCUT2D eigenvalue weighted by atomic mass is 32.1. The van der Waals surface area contributed by atoms with Crippen molar-refractivity contribution in [1.29, 1.82) is 0 Å². The number of nitrogens with one attached hydrogen (secondary N) is 1. The number of rotatable bonds is 6.